The maximum absolute atomic E-state index is 5.45. The van der Waals surface area contributed by atoms with Crippen molar-refractivity contribution in [2.24, 2.45) is 11.5 Å². The first-order valence-electron chi connectivity index (χ1n) is 6.24. The molecule has 0 saturated heterocycles. The molecule has 0 aromatic heterocycles. The standard InChI is InChI=1S/C10H15NO2.C4H11NO/c1-12-9-4-3-8(5-6-11)7-10(9)13-2;1-4(5)3-6-2/h3-4,7H,5-6,11H2,1-2H3;4H,3,5H2,1-2H3. The molecule has 1 unspecified atom stereocenters. The zero-order chi connectivity index (χ0) is 14.7. The number of rotatable bonds is 6. The number of benzene rings is 1. The van der Waals surface area contributed by atoms with Gasteiger partial charge in [-0.05, 0) is 37.6 Å². The van der Waals surface area contributed by atoms with Crippen LogP contribution in [0.15, 0.2) is 18.2 Å². The molecule has 1 rings (SSSR count). The molecule has 1 aromatic rings. The first-order valence-corrected chi connectivity index (χ1v) is 6.24. The maximum atomic E-state index is 5.45. The van der Waals surface area contributed by atoms with E-state index in [1.807, 2.05) is 25.1 Å². The molecule has 0 aliphatic rings. The highest BCUT2D eigenvalue weighted by molar-refractivity contribution is 5.42. The van der Waals surface area contributed by atoms with Gasteiger partial charge in [0.1, 0.15) is 0 Å². The summed E-state index contributed by atoms with van der Waals surface area (Å²) in [5, 5.41) is 0. The van der Waals surface area contributed by atoms with E-state index in [-0.39, 0.29) is 6.04 Å². The van der Waals surface area contributed by atoms with Gasteiger partial charge >= 0.3 is 0 Å². The summed E-state index contributed by atoms with van der Waals surface area (Å²) in [4.78, 5) is 0. The lowest BCUT2D eigenvalue weighted by molar-refractivity contribution is 0.185. The highest BCUT2D eigenvalue weighted by Gasteiger charge is 2.03. The summed E-state index contributed by atoms with van der Waals surface area (Å²) in [6.07, 6.45) is 0.861. The topological polar surface area (TPSA) is 79.7 Å². The Kier molecular flexibility index (Phi) is 9.88. The van der Waals surface area contributed by atoms with Gasteiger partial charge in [-0.1, -0.05) is 6.07 Å². The highest BCUT2D eigenvalue weighted by Crippen LogP contribution is 2.27. The Morgan fingerprint density at radius 3 is 2.11 bits per heavy atom. The van der Waals surface area contributed by atoms with E-state index < -0.39 is 0 Å². The van der Waals surface area contributed by atoms with Gasteiger partial charge in [0.05, 0.1) is 20.8 Å². The van der Waals surface area contributed by atoms with Crippen LogP contribution in [-0.4, -0.2) is 40.5 Å². The van der Waals surface area contributed by atoms with E-state index >= 15 is 0 Å². The number of methoxy groups -OCH3 is 3. The van der Waals surface area contributed by atoms with Crippen LogP contribution in [0.5, 0.6) is 11.5 Å². The van der Waals surface area contributed by atoms with E-state index in [0.717, 1.165) is 17.9 Å². The van der Waals surface area contributed by atoms with Crippen molar-refractivity contribution in [2.75, 3.05) is 34.5 Å². The third-order valence-electron chi connectivity index (χ3n) is 2.31. The second-order valence-corrected chi connectivity index (χ2v) is 4.16. The lowest BCUT2D eigenvalue weighted by Gasteiger charge is -2.08. The fourth-order valence-electron chi connectivity index (χ4n) is 1.47. The lowest BCUT2D eigenvalue weighted by Crippen LogP contribution is -2.20. The molecule has 0 fully saturated rings. The van der Waals surface area contributed by atoms with Crippen LogP contribution in [0.3, 0.4) is 0 Å². The van der Waals surface area contributed by atoms with Gasteiger partial charge in [0.15, 0.2) is 11.5 Å². The van der Waals surface area contributed by atoms with Gasteiger partial charge in [0.2, 0.25) is 0 Å². The quantitative estimate of drug-likeness (QED) is 0.811. The molecule has 0 amide bonds. The summed E-state index contributed by atoms with van der Waals surface area (Å²) in [5.41, 5.74) is 11.9. The molecule has 0 spiro atoms. The molecule has 0 radical (unpaired) electrons. The van der Waals surface area contributed by atoms with Gasteiger partial charge in [-0.2, -0.15) is 0 Å². The Bertz CT molecular complexity index is 343. The zero-order valence-corrected chi connectivity index (χ0v) is 12.3. The average molecular weight is 270 g/mol. The van der Waals surface area contributed by atoms with Gasteiger partial charge < -0.3 is 25.7 Å². The molecule has 1 atom stereocenters. The third-order valence-corrected chi connectivity index (χ3v) is 2.31. The summed E-state index contributed by atoms with van der Waals surface area (Å²) in [6.45, 7) is 3.21. The summed E-state index contributed by atoms with van der Waals surface area (Å²) < 4.78 is 14.9. The number of ether oxygens (including phenoxy) is 3. The van der Waals surface area contributed by atoms with Crippen LogP contribution in [0, 0.1) is 0 Å². The molecule has 0 aliphatic heterocycles. The van der Waals surface area contributed by atoms with E-state index in [9.17, 15) is 0 Å². The van der Waals surface area contributed by atoms with E-state index in [4.69, 9.17) is 20.9 Å². The Morgan fingerprint density at radius 1 is 1.11 bits per heavy atom. The summed E-state index contributed by atoms with van der Waals surface area (Å²) >= 11 is 0. The normalized spacial score (nSPS) is 11.3. The van der Waals surface area contributed by atoms with Crippen molar-refractivity contribution in [1.82, 2.24) is 0 Å². The third kappa shape index (κ3) is 7.66. The minimum atomic E-state index is 0.176. The highest BCUT2D eigenvalue weighted by atomic mass is 16.5. The van der Waals surface area contributed by atoms with Crippen molar-refractivity contribution in [1.29, 1.82) is 0 Å². The monoisotopic (exact) mass is 270 g/mol. The van der Waals surface area contributed by atoms with Crippen LogP contribution in [-0.2, 0) is 11.2 Å². The summed E-state index contributed by atoms with van der Waals surface area (Å²) in [6, 6.07) is 6.01. The minimum absolute atomic E-state index is 0.176. The zero-order valence-electron chi connectivity index (χ0n) is 12.3. The molecule has 0 bridgehead atoms. The van der Waals surface area contributed by atoms with Gasteiger partial charge in [-0.15, -0.1) is 0 Å². The summed E-state index contributed by atoms with van der Waals surface area (Å²) in [5.74, 6) is 1.51. The largest absolute Gasteiger partial charge is 0.493 e. The van der Waals surface area contributed by atoms with Crippen molar-refractivity contribution in [2.45, 2.75) is 19.4 Å². The lowest BCUT2D eigenvalue weighted by atomic mass is 10.1. The van der Waals surface area contributed by atoms with Gasteiger partial charge in [-0.3, -0.25) is 0 Å². The number of hydrogen-bond acceptors (Lipinski definition) is 5. The van der Waals surface area contributed by atoms with Crippen LogP contribution in [0.4, 0.5) is 0 Å². The van der Waals surface area contributed by atoms with Crippen LogP contribution in [0.1, 0.15) is 12.5 Å². The Morgan fingerprint density at radius 2 is 1.74 bits per heavy atom. The second-order valence-electron chi connectivity index (χ2n) is 4.16. The molecule has 19 heavy (non-hydrogen) atoms. The van der Waals surface area contributed by atoms with E-state index in [0.29, 0.717) is 13.2 Å². The average Bonchev–Trinajstić information content (AvgIpc) is 2.39. The van der Waals surface area contributed by atoms with Crippen molar-refractivity contribution < 1.29 is 14.2 Å². The second kappa shape index (κ2) is 10.6. The van der Waals surface area contributed by atoms with Gasteiger partial charge in [-0.25, -0.2) is 0 Å². The van der Waals surface area contributed by atoms with Crippen LogP contribution in [0.25, 0.3) is 0 Å². The van der Waals surface area contributed by atoms with Crippen LogP contribution >= 0.6 is 0 Å². The molecule has 5 heteroatoms. The smallest absolute Gasteiger partial charge is 0.160 e. The van der Waals surface area contributed by atoms with Crippen LogP contribution < -0.4 is 20.9 Å². The predicted octanol–water partition coefficient (Wildman–Crippen LogP) is 1.19. The number of hydrogen-bond donors (Lipinski definition) is 2. The summed E-state index contributed by atoms with van der Waals surface area (Å²) in [7, 11) is 4.90. The van der Waals surface area contributed by atoms with Crippen molar-refractivity contribution in [3.8, 4) is 11.5 Å². The first-order chi connectivity index (χ1) is 9.08. The molecule has 5 nitrogen and oxygen atoms in total. The fraction of sp³-hybridized carbons (Fsp3) is 0.571. The van der Waals surface area contributed by atoms with E-state index in [2.05, 4.69) is 4.74 Å². The minimum Gasteiger partial charge on any atom is -0.493 e. The molecule has 0 heterocycles. The molecule has 1 aromatic carbocycles. The molecular formula is C14H26N2O3. The molecule has 0 saturated carbocycles. The number of nitrogens with two attached hydrogens (primary N) is 2. The fourth-order valence-corrected chi connectivity index (χ4v) is 1.47. The SMILES string of the molecule is COCC(C)N.COc1ccc(CCN)cc1OC. The van der Waals surface area contributed by atoms with E-state index in [1.54, 1.807) is 21.3 Å². The predicted molar refractivity (Wildman–Crippen MR) is 77.8 cm³/mol. The van der Waals surface area contributed by atoms with Gasteiger partial charge in [0.25, 0.3) is 0 Å². The Balaban J connectivity index is 0.000000459. The van der Waals surface area contributed by atoms with Gasteiger partial charge in [0, 0.05) is 13.2 Å². The Labute approximate surface area is 115 Å². The molecule has 4 N–H and O–H groups in total. The van der Waals surface area contributed by atoms with Crippen molar-refractivity contribution >= 4 is 0 Å². The molecule has 0 aliphatic carbocycles. The van der Waals surface area contributed by atoms with Crippen molar-refractivity contribution in [3.05, 3.63) is 23.8 Å². The first kappa shape index (κ1) is 17.7. The Hall–Kier alpha value is -1.30. The maximum Gasteiger partial charge on any atom is 0.160 e. The van der Waals surface area contributed by atoms with E-state index in [1.165, 1.54) is 5.56 Å². The van der Waals surface area contributed by atoms with Crippen LogP contribution in [0.2, 0.25) is 0 Å². The van der Waals surface area contributed by atoms with Crippen molar-refractivity contribution in [3.63, 3.8) is 0 Å². The molecular weight excluding hydrogens is 244 g/mol. The molecule has 110 valence electrons.